The van der Waals surface area contributed by atoms with Gasteiger partial charge in [-0.1, -0.05) is 11.6 Å². The number of amides is 1. The number of thiocarbonyl (C=S) groups is 1. The van der Waals surface area contributed by atoms with E-state index in [9.17, 15) is 4.79 Å². The summed E-state index contributed by atoms with van der Waals surface area (Å²) in [6, 6.07) is 3.09. The molecule has 1 aromatic rings. The van der Waals surface area contributed by atoms with Crippen LogP contribution in [0.15, 0.2) is 18.3 Å². The van der Waals surface area contributed by atoms with Crippen molar-refractivity contribution in [2.75, 3.05) is 26.3 Å². The van der Waals surface area contributed by atoms with Crippen molar-refractivity contribution in [1.82, 2.24) is 15.2 Å². The molecule has 1 saturated heterocycles. The van der Waals surface area contributed by atoms with Crippen molar-refractivity contribution in [3.8, 4) is 0 Å². The van der Waals surface area contributed by atoms with Crippen molar-refractivity contribution in [2.45, 2.75) is 0 Å². The van der Waals surface area contributed by atoms with Gasteiger partial charge in [-0.05, 0) is 24.4 Å². The SMILES string of the molecule is O=C(NC(=S)N1CCOCC1)c1ccnc(Cl)c1. The molecule has 0 unspecified atom stereocenters. The molecular weight excluding hydrogens is 274 g/mol. The summed E-state index contributed by atoms with van der Waals surface area (Å²) in [7, 11) is 0. The van der Waals surface area contributed by atoms with Crippen LogP contribution >= 0.6 is 23.8 Å². The van der Waals surface area contributed by atoms with Crippen LogP contribution in [0.2, 0.25) is 5.15 Å². The fourth-order valence-electron chi connectivity index (χ4n) is 1.56. The lowest BCUT2D eigenvalue weighted by Crippen LogP contribution is -2.47. The van der Waals surface area contributed by atoms with Crippen molar-refractivity contribution in [1.29, 1.82) is 0 Å². The van der Waals surface area contributed by atoms with Gasteiger partial charge in [-0.2, -0.15) is 0 Å². The van der Waals surface area contributed by atoms with Crippen molar-refractivity contribution < 1.29 is 9.53 Å². The minimum absolute atomic E-state index is 0.278. The molecule has 96 valence electrons. The summed E-state index contributed by atoms with van der Waals surface area (Å²) in [5, 5.41) is 3.36. The Bertz CT molecular complexity index is 463. The fraction of sp³-hybridized carbons (Fsp3) is 0.364. The number of hydrogen-bond acceptors (Lipinski definition) is 4. The number of nitrogens with zero attached hydrogens (tertiary/aromatic N) is 2. The maximum atomic E-state index is 11.9. The lowest BCUT2D eigenvalue weighted by Gasteiger charge is -2.28. The smallest absolute Gasteiger partial charge is 0.257 e. The summed E-state index contributed by atoms with van der Waals surface area (Å²) >= 11 is 10.9. The van der Waals surface area contributed by atoms with E-state index in [-0.39, 0.29) is 11.1 Å². The number of ether oxygens (including phenoxy) is 1. The quantitative estimate of drug-likeness (QED) is 0.618. The molecule has 0 bridgehead atoms. The summed E-state index contributed by atoms with van der Waals surface area (Å²) in [6.45, 7) is 2.63. The fourth-order valence-corrected chi connectivity index (χ4v) is 2.01. The molecule has 1 aliphatic heterocycles. The summed E-state index contributed by atoms with van der Waals surface area (Å²) in [5.41, 5.74) is 0.436. The minimum atomic E-state index is -0.282. The summed E-state index contributed by atoms with van der Waals surface area (Å²) < 4.78 is 5.22. The standard InChI is InChI=1S/C11H12ClN3O2S/c12-9-7-8(1-2-13-9)10(16)14-11(18)15-3-5-17-6-4-15/h1-2,7H,3-6H2,(H,14,16,18). The lowest BCUT2D eigenvalue weighted by atomic mass is 10.2. The molecule has 1 N–H and O–H groups in total. The third-order valence-electron chi connectivity index (χ3n) is 2.51. The molecule has 0 atom stereocenters. The zero-order valence-electron chi connectivity index (χ0n) is 9.56. The first-order valence-corrected chi connectivity index (χ1v) is 6.25. The van der Waals surface area contributed by atoms with Crippen LogP contribution in [0.3, 0.4) is 0 Å². The summed E-state index contributed by atoms with van der Waals surface area (Å²) in [6.07, 6.45) is 1.48. The van der Waals surface area contributed by atoms with Gasteiger partial charge in [0.25, 0.3) is 5.91 Å². The van der Waals surface area contributed by atoms with Gasteiger partial charge in [-0.3, -0.25) is 10.1 Å². The highest BCUT2D eigenvalue weighted by Crippen LogP contribution is 2.07. The number of pyridine rings is 1. The summed E-state index contributed by atoms with van der Waals surface area (Å²) in [4.78, 5) is 17.6. The molecule has 0 saturated carbocycles. The molecule has 0 spiro atoms. The van der Waals surface area contributed by atoms with E-state index in [0.29, 0.717) is 37.0 Å². The van der Waals surface area contributed by atoms with Crippen LogP contribution in [-0.2, 0) is 4.74 Å². The number of hydrogen-bond donors (Lipinski definition) is 1. The van der Waals surface area contributed by atoms with Gasteiger partial charge in [-0.15, -0.1) is 0 Å². The van der Waals surface area contributed by atoms with Crippen LogP contribution in [0.25, 0.3) is 0 Å². The zero-order chi connectivity index (χ0) is 13.0. The highest BCUT2D eigenvalue weighted by molar-refractivity contribution is 7.80. The molecule has 5 nitrogen and oxygen atoms in total. The van der Waals surface area contributed by atoms with Crippen LogP contribution in [0.1, 0.15) is 10.4 Å². The Morgan fingerprint density at radius 1 is 1.50 bits per heavy atom. The average Bonchev–Trinajstić information content (AvgIpc) is 2.39. The number of nitrogens with one attached hydrogen (secondary N) is 1. The first kappa shape index (κ1) is 13.2. The van der Waals surface area contributed by atoms with Gasteiger partial charge in [0.05, 0.1) is 13.2 Å². The lowest BCUT2D eigenvalue weighted by molar-refractivity contribution is 0.0669. The first-order chi connectivity index (χ1) is 8.66. The first-order valence-electron chi connectivity index (χ1n) is 5.46. The third kappa shape index (κ3) is 3.38. The van der Waals surface area contributed by atoms with Gasteiger partial charge in [0.15, 0.2) is 5.11 Å². The Labute approximate surface area is 115 Å². The Balaban J connectivity index is 1.96. The van der Waals surface area contributed by atoms with E-state index in [0.717, 1.165) is 0 Å². The predicted molar refractivity (Wildman–Crippen MR) is 71.7 cm³/mol. The molecular formula is C11H12ClN3O2S. The highest BCUT2D eigenvalue weighted by atomic mass is 35.5. The Hall–Kier alpha value is -1.24. The molecule has 1 fully saturated rings. The Kier molecular flexibility index (Phi) is 4.46. The molecule has 7 heteroatoms. The van der Waals surface area contributed by atoms with Crippen molar-refractivity contribution in [2.24, 2.45) is 0 Å². The van der Waals surface area contributed by atoms with Crippen molar-refractivity contribution in [3.63, 3.8) is 0 Å². The Morgan fingerprint density at radius 3 is 2.89 bits per heavy atom. The second-order valence-corrected chi connectivity index (χ2v) is 4.50. The van der Waals surface area contributed by atoms with Crippen molar-refractivity contribution in [3.05, 3.63) is 29.0 Å². The van der Waals surface area contributed by atoms with E-state index in [2.05, 4.69) is 10.3 Å². The van der Waals surface area contributed by atoms with Gasteiger partial charge in [-0.25, -0.2) is 4.98 Å². The van der Waals surface area contributed by atoms with Crippen LogP contribution in [0, 0.1) is 0 Å². The van der Waals surface area contributed by atoms with E-state index >= 15 is 0 Å². The second-order valence-electron chi connectivity index (χ2n) is 3.73. The van der Waals surface area contributed by atoms with Crippen LogP contribution < -0.4 is 5.32 Å². The largest absolute Gasteiger partial charge is 0.378 e. The van der Waals surface area contributed by atoms with E-state index < -0.39 is 0 Å². The van der Waals surface area contributed by atoms with Crippen LogP contribution in [0.4, 0.5) is 0 Å². The molecule has 0 aliphatic carbocycles. The molecule has 1 aliphatic rings. The van der Waals surface area contributed by atoms with E-state index in [1.54, 1.807) is 6.07 Å². The number of carbonyl (C=O) groups is 1. The predicted octanol–water partition coefficient (Wildman–Crippen LogP) is 1.08. The van der Waals surface area contributed by atoms with Crippen LogP contribution in [-0.4, -0.2) is 47.2 Å². The van der Waals surface area contributed by atoms with Gasteiger partial charge in [0.2, 0.25) is 0 Å². The molecule has 2 rings (SSSR count). The summed E-state index contributed by atoms with van der Waals surface area (Å²) in [5.74, 6) is -0.282. The average molecular weight is 286 g/mol. The number of aromatic nitrogens is 1. The molecule has 0 aromatic carbocycles. The van der Waals surface area contributed by atoms with Gasteiger partial charge < -0.3 is 9.64 Å². The number of morpholine rings is 1. The maximum absolute atomic E-state index is 11.9. The topological polar surface area (TPSA) is 54.5 Å². The van der Waals surface area contributed by atoms with Gasteiger partial charge >= 0.3 is 0 Å². The monoisotopic (exact) mass is 285 g/mol. The highest BCUT2D eigenvalue weighted by Gasteiger charge is 2.16. The molecule has 1 amide bonds. The molecule has 2 heterocycles. The van der Waals surface area contributed by atoms with E-state index in [4.69, 9.17) is 28.6 Å². The minimum Gasteiger partial charge on any atom is -0.378 e. The molecule has 0 radical (unpaired) electrons. The zero-order valence-corrected chi connectivity index (χ0v) is 11.1. The van der Waals surface area contributed by atoms with E-state index in [1.165, 1.54) is 12.3 Å². The third-order valence-corrected chi connectivity index (χ3v) is 3.07. The number of halogens is 1. The normalized spacial score (nSPS) is 15.3. The molecule has 1 aromatic heterocycles. The van der Waals surface area contributed by atoms with Crippen LogP contribution in [0.5, 0.6) is 0 Å². The molecule has 18 heavy (non-hydrogen) atoms. The Morgan fingerprint density at radius 2 is 2.22 bits per heavy atom. The maximum Gasteiger partial charge on any atom is 0.257 e. The van der Waals surface area contributed by atoms with E-state index in [1.807, 2.05) is 4.90 Å². The van der Waals surface area contributed by atoms with Crippen molar-refractivity contribution >= 4 is 34.8 Å². The number of carbonyl (C=O) groups excluding carboxylic acids is 1. The number of rotatable bonds is 1. The van der Waals surface area contributed by atoms with Gasteiger partial charge in [0.1, 0.15) is 5.15 Å². The van der Waals surface area contributed by atoms with Gasteiger partial charge in [0, 0.05) is 24.8 Å². The second kappa shape index (κ2) is 6.08.